The Balaban J connectivity index is 1.35. The van der Waals surface area contributed by atoms with Gasteiger partial charge in [0.2, 0.25) is 0 Å². The van der Waals surface area contributed by atoms with Crippen LogP contribution in [0.15, 0.2) is 30.9 Å². The number of aromatic nitrogens is 6. The Kier molecular flexibility index (Phi) is 3.34. The Morgan fingerprint density at radius 1 is 1.28 bits per heavy atom. The van der Waals surface area contributed by atoms with E-state index in [1.165, 1.54) is 12.8 Å². The molecule has 2 N–H and O–H groups in total. The molecule has 126 valence electrons. The van der Waals surface area contributed by atoms with Crippen molar-refractivity contribution < 1.29 is 0 Å². The van der Waals surface area contributed by atoms with Crippen molar-refractivity contribution in [2.75, 3.05) is 11.9 Å². The van der Waals surface area contributed by atoms with Crippen LogP contribution in [0.25, 0.3) is 16.7 Å². The number of nitrogens with one attached hydrogen (secondary N) is 2. The number of aromatic amines is 1. The topological polar surface area (TPSA) is 83.8 Å². The summed E-state index contributed by atoms with van der Waals surface area (Å²) in [6.45, 7) is 0.754. The molecule has 0 radical (unpaired) electrons. The van der Waals surface area contributed by atoms with Gasteiger partial charge < -0.3 is 10.3 Å². The van der Waals surface area contributed by atoms with Crippen molar-refractivity contribution in [3.05, 3.63) is 47.3 Å². The lowest BCUT2D eigenvalue weighted by atomic mass is 10.2. The number of fused-ring (bicyclic) bond motifs is 2. The standard InChI is InChI=1S/C17H16ClN7/c18-13-8-22-25-9-10(7-21-17(13)25)3-5-19-15-12-4-6-20-16(12)24-14(23-15)11-1-2-11/h4,6-9,11H,1-3,5H2,(H2,19,20,23,24). The van der Waals surface area contributed by atoms with E-state index in [9.17, 15) is 0 Å². The number of H-pyrrole nitrogens is 1. The summed E-state index contributed by atoms with van der Waals surface area (Å²) >= 11 is 6.02. The fraction of sp³-hybridized carbons (Fsp3) is 0.294. The average Bonchev–Trinajstić information content (AvgIpc) is 3.26. The number of hydrogen-bond donors (Lipinski definition) is 2. The summed E-state index contributed by atoms with van der Waals surface area (Å²) in [5.74, 6) is 2.35. The molecule has 4 aromatic rings. The van der Waals surface area contributed by atoms with Crippen molar-refractivity contribution in [1.29, 1.82) is 0 Å². The maximum atomic E-state index is 6.02. The first kappa shape index (κ1) is 14.7. The molecule has 4 aromatic heterocycles. The first-order chi connectivity index (χ1) is 12.3. The number of hydrogen-bond acceptors (Lipinski definition) is 5. The monoisotopic (exact) mass is 353 g/mol. The summed E-state index contributed by atoms with van der Waals surface area (Å²) in [5, 5.41) is 9.23. The summed E-state index contributed by atoms with van der Waals surface area (Å²) in [4.78, 5) is 16.9. The third-order valence-electron chi connectivity index (χ3n) is 4.45. The van der Waals surface area contributed by atoms with Crippen LogP contribution in [0.4, 0.5) is 5.82 Å². The van der Waals surface area contributed by atoms with Gasteiger partial charge in [-0.25, -0.2) is 19.5 Å². The van der Waals surface area contributed by atoms with Crippen molar-refractivity contribution in [2.45, 2.75) is 25.2 Å². The smallest absolute Gasteiger partial charge is 0.173 e. The molecule has 0 spiro atoms. The normalized spacial score (nSPS) is 14.4. The Bertz CT molecular complexity index is 1060. The third-order valence-corrected chi connectivity index (χ3v) is 4.72. The van der Waals surface area contributed by atoms with Gasteiger partial charge in [-0.15, -0.1) is 0 Å². The van der Waals surface area contributed by atoms with Gasteiger partial charge in [-0.05, 0) is 30.9 Å². The van der Waals surface area contributed by atoms with Crippen molar-refractivity contribution in [3.63, 3.8) is 0 Å². The molecule has 5 rings (SSSR count). The van der Waals surface area contributed by atoms with Crippen LogP contribution in [0.3, 0.4) is 0 Å². The highest BCUT2D eigenvalue weighted by Gasteiger charge is 2.27. The van der Waals surface area contributed by atoms with E-state index in [0.717, 1.165) is 41.2 Å². The zero-order valence-electron chi connectivity index (χ0n) is 13.4. The largest absolute Gasteiger partial charge is 0.369 e. The van der Waals surface area contributed by atoms with Crippen LogP contribution in [-0.2, 0) is 6.42 Å². The number of halogens is 1. The van der Waals surface area contributed by atoms with E-state index in [4.69, 9.17) is 16.6 Å². The highest BCUT2D eigenvalue weighted by molar-refractivity contribution is 6.33. The molecule has 0 saturated heterocycles. The van der Waals surface area contributed by atoms with E-state index in [0.29, 0.717) is 16.6 Å². The maximum absolute atomic E-state index is 6.02. The Hall–Kier alpha value is -2.67. The maximum Gasteiger partial charge on any atom is 0.173 e. The molecule has 1 aliphatic rings. The molecular formula is C17H16ClN7. The lowest BCUT2D eigenvalue weighted by Crippen LogP contribution is -2.09. The van der Waals surface area contributed by atoms with Crippen LogP contribution >= 0.6 is 11.6 Å². The van der Waals surface area contributed by atoms with Crippen molar-refractivity contribution in [3.8, 4) is 0 Å². The van der Waals surface area contributed by atoms with Gasteiger partial charge >= 0.3 is 0 Å². The van der Waals surface area contributed by atoms with Gasteiger partial charge in [0.05, 0.1) is 11.6 Å². The first-order valence-electron chi connectivity index (χ1n) is 8.34. The third kappa shape index (κ3) is 2.70. The number of rotatable bonds is 5. The Morgan fingerprint density at radius 2 is 2.20 bits per heavy atom. The molecule has 0 amide bonds. The second-order valence-electron chi connectivity index (χ2n) is 6.34. The lowest BCUT2D eigenvalue weighted by molar-refractivity contribution is 0.891. The lowest BCUT2D eigenvalue weighted by Gasteiger charge is -2.09. The molecule has 1 saturated carbocycles. The minimum atomic E-state index is 0.518. The zero-order valence-corrected chi connectivity index (χ0v) is 14.2. The quantitative estimate of drug-likeness (QED) is 0.575. The number of nitrogens with zero attached hydrogens (tertiary/aromatic N) is 5. The molecule has 1 aliphatic carbocycles. The highest BCUT2D eigenvalue weighted by Crippen LogP contribution is 2.39. The molecule has 0 aliphatic heterocycles. The van der Waals surface area contributed by atoms with E-state index in [1.54, 1.807) is 10.7 Å². The van der Waals surface area contributed by atoms with Crippen LogP contribution in [0.2, 0.25) is 5.02 Å². The summed E-state index contributed by atoms with van der Waals surface area (Å²) in [5.41, 5.74) is 2.66. The van der Waals surface area contributed by atoms with Crippen molar-refractivity contribution >= 4 is 34.1 Å². The summed E-state index contributed by atoms with van der Waals surface area (Å²) in [6, 6.07) is 2.01. The minimum Gasteiger partial charge on any atom is -0.369 e. The van der Waals surface area contributed by atoms with E-state index < -0.39 is 0 Å². The Labute approximate surface area is 148 Å². The van der Waals surface area contributed by atoms with Gasteiger partial charge in [0.1, 0.15) is 22.3 Å². The van der Waals surface area contributed by atoms with Crippen molar-refractivity contribution in [2.24, 2.45) is 0 Å². The molecule has 7 nitrogen and oxygen atoms in total. The van der Waals surface area contributed by atoms with E-state index in [2.05, 4.69) is 25.4 Å². The zero-order chi connectivity index (χ0) is 16.8. The van der Waals surface area contributed by atoms with Gasteiger partial charge in [0.25, 0.3) is 0 Å². The molecular weight excluding hydrogens is 338 g/mol. The van der Waals surface area contributed by atoms with Crippen LogP contribution in [-0.4, -0.2) is 36.1 Å². The predicted octanol–water partition coefficient (Wildman–Crippen LogP) is 3.19. The molecule has 25 heavy (non-hydrogen) atoms. The second kappa shape index (κ2) is 5.70. The van der Waals surface area contributed by atoms with Gasteiger partial charge in [-0.2, -0.15) is 5.10 Å². The summed E-state index contributed by atoms with van der Waals surface area (Å²) in [6.07, 6.45) is 10.5. The molecule has 4 heterocycles. The fourth-order valence-corrected chi connectivity index (χ4v) is 3.14. The van der Waals surface area contributed by atoms with Gasteiger partial charge in [0, 0.05) is 31.1 Å². The fourth-order valence-electron chi connectivity index (χ4n) is 2.96. The van der Waals surface area contributed by atoms with Crippen molar-refractivity contribution in [1.82, 2.24) is 29.5 Å². The Morgan fingerprint density at radius 3 is 3.08 bits per heavy atom. The molecule has 0 unspecified atom stereocenters. The SMILES string of the molecule is Clc1cnn2cc(CCNc3nc(C4CC4)nc4[nH]ccc34)cnc12. The van der Waals surface area contributed by atoms with Gasteiger partial charge in [-0.1, -0.05) is 11.6 Å². The van der Waals surface area contributed by atoms with Crippen LogP contribution in [0.1, 0.15) is 30.1 Å². The van der Waals surface area contributed by atoms with E-state index in [-0.39, 0.29) is 0 Å². The second-order valence-corrected chi connectivity index (χ2v) is 6.75. The van der Waals surface area contributed by atoms with Gasteiger partial charge in [0.15, 0.2) is 5.65 Å². The minimum absolute atomic E-state index is 0.518. The molecule has 0 aromatic carbocycles. The molecule has 8 heteroatoms. The molecule has 0 bridgehead atoms. The number of anilines is 1. The molecule has 1 fully saturated rings. The van der Waals surface area contributed by atoms with Crippen LogP contribution < -0.4 is 5.32 Å². The van der Waals surface area contributed by atoms with E-state index in [1.807, 2.05) is 24.7 Å². The van der Waals surface area contributed by atoms with Crippen LogP contribution in [0.5, 0.6) is 0 Å². The van der Waals surface area contributed by atoms with E-state index >= 15 is 0 Å². The highest BCUT2D eigenvalue weighted by atomic mass is 35.5. The first-order valence-corrected chi connectivity index (χ1v) is 8.72. The van der Waals surface area contributed by atoms with Crippen LogP contribution in [0, 0.1) is 0 Å². The predicted molar refractivity (Wildman–Crippen MR) is 96.1 cm³/mol. The summed E-state index contributed by atoms with van der Waals surface area (Å²) in [7, 11) is 0. The van der Waals surface area contributed by atoms with Gasteiger partial charge in [-0.3, -0.25) is 0 Å². The molecule has 0 atom stereocenters. The average molecular weight is 354 g/mol. The summed E-state index contributed by atoms with van der Waals surface area (Å²) < 4.78 is 1.71.